The second-order valence-electron chi connectivity index (χ2n) is 6.93. The Morgan fingerprint density at radius 2 is 2.19 bits per heavy atom. The zero-order valence-corrected chi connectivity index (χ0v) is 16.1. The van der Waals surface area contributed by atoms with Crippen LogP contribution in [-0.4, -0.2) is 64.4 Å². The number of nitrogens with one attached hydrogen (secondary N) is 2. The van der Waals surface area contributed by atoms with Crippen molar-refractivity contribution < 1.29 is 4.79 Å². The van der Waals surface area contributed by atoms with E-state index in [9.17, 15) is 4.79 Å². The van der Waals surface area contributed by atoms with Crippen LogP contribution in [0, 0.1) is 0 Å². The highest BCUT2D eigenvalue weighted by Crippen LogP contribution is 2.28. The fourth-order valence-corrected chi connectivity index (χ4v) is 3.71. The van der Waals surface area contributed by atoms with E-state index in [1.54, 1.807) is 6.20 Å². The van der Waals surface area contributed by atoms with E-state index in [1.165, 1.54) is 0 Å². The molecule has 142 valence electrons. The Bertz CT molecular complexity index is 845. The molecule has 2 atom stereocenters. The molecule has 4 rings (SSSR count). The molecular formula is C18H22ClN7O. The van der Waals surface area contributed by atoms with Gasteiger partial charge in [-0.1, -0.05) is 6.07 Å². The van der Waals surface area contributed by atoms with E-state index >= 15 is 0 Å². The average molecular weight is 388 g/mol. The van der Waals surface area contributed by atoms with Crippen LogP contribution in [0.15, 0.2) is 24.4 Å². The average Bonchev–Trinajstić information content (AvgIpc) is 3.12. The van der Waals surface area contributed by atoms with Crippen LogP contribution >= 0.6 is 11.6 Å². The minimum Gasteiger partial charge on any atom is -0.362 e. The Kier molecular flexibility index (Phi) is 4.94. The molecule has 1 saturated heterocycles. The predicted molar refractivity (Wildman–Crippen MR) is 103 cm³/mol. The van der Waals surface area contributed by atoms with Gasteiger partial charge in [0.2, 0.25) is 5.91 Å². The number of hydrogen-bond donors (Lipinski definition) is 2. The van der Waals surface area contributed by atoms with Gasteiger partial charge >= 0.3 is 0 Å². The summed E-state index contributed by atoms with van der Waals surface area (Å²) >= 11 is 6.25. The maximum Gasteiger partial charge on any atom is 0.243 e. The number of aromatic nitrogens is 3. The first-order valence-electron chi connectivity index (χ1n) is 8.94. The van der Waals surface area contributed by atoms with Gasteiger partial charge < -0.3 is 9.80 Å². The van der Waals surface area contributed by atoms with Crippen LogP contribution in [0.3, 0.4) is 0 Å². The summed E-state index contributed by atoms with van der Waals surface area (Å²) in [6.07, 6.45) is 2.44. The first kappa shape index (κ1) is 18.1. The third kappa shape index (κ3) is 3.47. The second kappa shape index (κ2) is 7.38. The lowest BCUT2D eigenvalue weighted by atomic mass is 10.0. The molecule has 8 nitrogen and oxygen atoms in total. The van der Waals surface area contributed by atoms with Crippen LogP contribution in [0.25, 0.3) is 11.5 Å². The smallest absolute Gasteiger partial charge is 0.243 e. The van der Waals surface area contributed by atoms with Crippen molar-refractivity contribution in [3.63, 3.8) is 0 Å². The monoisotopic (exact) mass is 387 g/mol. The lowest BCUT2D eigenvalue weighted by Crippen LogP contribution is -2.50. The molecule has 0 saturated carbocycles. The van der Waals surface area contributed by atoms with Crippen LogP contribution in [0.2, 0.25) is 0 Å². The number of anilines is 1. The molecule has 0 bridgehead atoms. The number of pyridine rings is 1. The minimum absolute atomic E-state index is 0.00458. The summed E-state index contributed by atoms with van der Waals surface area (Å²) in [5.74, 6) is 1.45. The highest BCUT2D eigenvalue weighted by atomic mass is 35.5. The van der Waals surface area contributed by atoms with Gasteiger partial charge in [-0.2, -0.15) is 0 Å². The first-order chi connectivity index (χ1) is 13.0. The standard InChI is InChI=1S/C18H22ClN7O/c1-25(2)17-11-6-8-26(18(27)15-12(19)9-21-24-15)10-14(11)22-16(23-17)13-5-3-4-7-20-13/h3-5,7,12,15,21,24H,6,8-10H2,1-2H3. The van der Waals surface area contributed by atoms with Crippen molar-refractivity contribution in [1.29, 1.82) is 0 Å². The van der Waals surface area contributed by atoms with E-state index in [0.29, 0.717) is 37.6 Å². The summed E-state index contributed by atoms with van der Waals surface area (Å²) in [5.41, 5.74) is 8.59. The van der Waals surface area contributed by atoms with Crippen molar-refractivity contribution in [1.82, 2.24) is 30.7 Å². The molecule has 0 aliphatic carbocycles. The van der Waals surface area contributed by atoms with Gasteiger partial charge in [-0.3, -0.25) is 15.2 Å². The highest BCUT2D eigenvalue weighted by molar-refractivity contribution is 6.23. The zero-order chi connectivity index (χ0) is 19.0. The van der Waals surface area contributed by atoms with Gasteiger partial charge in [-0.15, -0.1) is 11.6 Å². The lowest BCUT2D eigenvalue weighted by molar-refractivity contribution is -0.134. The van der Waals surface area contributed by atoms with Crippen LogP contribution in [0.5, 0.6) is 0 Å². The van der Waals surface area contributed by atoms with Gasteiger partial charge in [0.25, 0.3) is 0 Å². The number of amides is 1. The van der Waals surface area contributed by atoms with E-state index in [2.05, 4.69) is 15.8 Å². The number of hydrazine groups is 1. The topological polar surface area (TPSA) is 86.3 Å². The fraction of sp³-hybridized carbons (Fsp3) is 0.444. The second-order valence-corrected chi connectivity index (χ2v) is 7.49. The number of alkyl halides is 1. The Labute approximate surface area is 162 Å². The molecule has 27 heavy (non-hydrogen) atoms. The van der Waals surface area contributed by atoms with Crippen molar-refractivity contribution in [2.75, 3.05) is 32.1 Å². The molecular weight excluding hydrogens is 366 g/mol. The molecule has 2 aliphatic heterocycles. The summed E-state index contributed by atoms with van der Waals surface area (Å²) in [7, 11) is 3.93. The first-order valence-corrected chi connectivity index (χ1v) is 9.38. The van der Waals surface area contributed by atoms with Crippen molar-refractivity contribution in [3.05, 3.63) is 35.7 Å². The number of rotatable bonds is 3. The summed E-state index contributed by atoms with van der Waals surface area (Å²) in [4.78, 5) is 30.5. The number of fused-ring (bicyclic) bond motifs is 1. The van der Waals surface area contributed by atoms with E-state index in [1.807, 2.05) is 42.1 Å². The van der Waals surface area contributed by atoms with E-state index in [4.69, 9.17) is 21.6 Å². The SMILES string of the molecule is CN(C)c1nc(-c2ccccn2)nc2c1CCN(C(=O)C1NNCC1Cl)C2. The number of hydrogen-bond acceptors (Lipinski definition) is 7. The van der Waals surface area contributed by atoms with E-state index in [-0.39, 0.29) is 11.3 Å². The molecule has 0 radical (unpaired) electrons. The van der Waals surface area contributed by atoms with Crippen molar-refractivity contribution in [2.24, 2.45) is 0 Å². The molecule has 9 heteroatoms. The van der Waals surface area contributed by atoms with Crippen LogP contribution in [0.4, 0.5) is 5.82 Å². The fourth-order valence-electron chi connectivity index (χ4n) is 3.47. The van der Waals surface area contributed by atoms with Crippen molar-refractivity contribution >= 4 is 23.3 Å². The number of halogens is 1. The van der Waals surface area contributed by atoms with Gasteiger partial charge in [0.05, 0.1) is 17.6 Å². The number of carbonyl (C=O) groups excluding carboxylic acids is 1. The van der Waals surface area contributed by atoms with Crippen molar-refractivity contribution in [2.45, 2.75) is 24.4 Å². The predicted octanol–water partition coefficient (Wildman–Crippen LogP) is 0.573. The summed E-state index contributed by atoms with van der Waals surface area (Å²) in [5, 5.41) is -0.259. The Morgan fingerprint density at radius 1 is 1.33 bits per heavy atom. The Balaban J connectivity index is 1.67. The third-order valence-corrected chi connectivity index (χ3v) is 5.26. The Morgan fingerprint density at radius 3 is 2.85 bits per heavy atom. The van der Waals surface area contributed by atoms with Crippen molar-refractivity contribution in [3.8, 4) is 11.5 Å². The molecule has 0 aromatic carbocycles. The van der Waals surface area contributed by atoms with Gasteiger partial charge in [-0.05, 0) is 18.6 Å². The lowest BCUT2D eigenvalue weighted by Gasteiger charge is -2.32. The normalized spacial score (nSPS) is 21.8. The molecule has 0 spiro atoms. The van der Waals surface area contributed by atoms with Crippen LogP contribution < -0.4 is 15.8 Å². The third-order valence-electron chi connectivity index (χ3n) is 4.85. The Hall–Kier alpha value is -2.29. The largest absolute Gasteiger partial charge is 0.362 e. The number of nitrogens with zero attached hydrogens (tertiary/aromatic N) is 5. The summed E-state index contributed by atoms with van der Waals surface area (Å²) in [6.45, 7) is 1.64. The molecule has 2 aromatic rings. The molecule has 4 heterocycles. The summed E-state index contributed by atoms with van der Waals surface area (Å²) < 4.78 is 0. The van der Waals surface area contributed by atoms with E-state index in [0.717, 1.165) is 17.1 Å². The van der Waals surface area contributed by atoms with Crippen LogP contribution in [0.1, 0.15) is 11.3 Å². The maximum atomic E-state index is 12.9. The van der Waals surface area contributed by atoms with E-state index < -0.39 is 6.04 Å². The highest BCUT2D eigenvalue weighted by Gasteiger charge is 2.36. The number of carbonyl (C=O) groups is 1. The van der Waals surface area contributed by atoms with Crippen LogP contribution in [-0.2, 0) is 17.8 Å². The molecule has 2 aromatic heterocycles. The quantitative estimate of drug-likeness (QED) is 0.745. The van der Waals surface area contributed by atoms with Gasteiger partial charge in [0.15, 0.2) is 5.82 Å². The summed E-state index contributed by atoms with van der Waals surface area (Å²) in [6, 6.07) is 5.24. The molecule has 1 amide bonds. The molecule has 1 fully saturated rings. The van der Waals surface area contributed by atoms with Gasteiger partial charge in [-0.25, -0.2) is 15.4 Å². The molecule has 2 N–H and O–H groups in total. The zero-order valence-electron chi connectivity index (χ0n) is 15.3. The van der Waals surface area contributed by atoms with Gasteiger partial charge in [0, 0.05) is 38.9 Å². The molecule has 2 aliphatic rings. The molecule has 2 unspecified atom stereocenters. The minimum atomic E-state index is -0.418. The maximum absolute atomic E-state index is 12.9. The van der Waals surface area contributed by atoms with Gasteiger partial charge in [0.1, 0.15) is 17.6 Å².